The second-order valence-electron chi connectivity index (χ2n) is 7.42. The number of thiazole rings is 1. The van der Waals surface area contributed by atoms with Crippen molar-refractivity contribution in [2.24, 2.45) is 0 Å². The van der Waals surface area contributed by atoms with Crippen LogP contribution in [0, 0.1) is 6.92 Å². The van der Waals surface area contributed by atoms with Crippen LogP contribution in [0.4, 0.5) is 24.5 Å². The quantitative estimate of drug-likeness (QED) is 0.427. The minimum Gasteiger partial charge on any atom is -0.322 e. The number of hydrogen-bond donors (Lipinski definition) is 4. The Bertz CT molecular complexity index is 1190. The highest BCUT2D eigenvalue weighted by atomic mass is 32.1. The first-order valence-corrected chi connectivity index (χ1v) is 10.8. The van der Waals surface area contributed by atoms with Gasteiger partial charge in [-0.1, -0.05) is 6.07 Å². The smallest absolute Gasteiger partial charge is 0.322 e. The molecule has 2 aromatic carbocycles. The van der Waals surface area contributed by atoms with Gasteiger partial charge in [-0.05, 0) is 55.4 Å². The van der Waals surface area contributed by atoms with E-state index >= 15 is 0 Å². The molecule has 2 heterocycles. The van der Waals surface area contributed by atoms with Crippen LogP contribution < -0.4 is 26.6 Å². The van der Waals surface area contributed by atoms with E-state index in [1.807, 2.05) is 13.1 Å². The van der Waals surface area contributed by atoms with Crippen LogP contribution >= 0.6 is 11.3 Å². The summed E-state index contributed by atoms with van der Waals surface area (Å²) in [4.78, 5) is 17.9. The van der Waals surface area contributed by atoms with Gasteiger partial charge in [0.1, 0.15) is 0 Å². The lowest BCUT2D eigenvalue weighted by Gasteiger charge is -2.19. The van der Waals surface area contributed by atoms with Gasteiger partial charge in [-0.15, -0.1) is 16.9 Å². The first-order chi connectivity index (χ1) is 15.7. The third-order valence-electron chi connectivity index (χ3n) is 4.96. The molecule has 3 aromatic rings. The van der Waals surface area contributed by atoms with Crippen LogP contribution in [0.15, 0.2) is 54.3 Å². The first kappa shape index (κ1) is 22.8. The molecule has 1 aromatic heterocycles. The number of carbonyl (C=O) groups is 1. The zero-order valence-electron chi connectivity index (χ0n) is 17.7. The minimum atomic E-state index is -4.52. The topological polar surface area (TPSA) is 81.3 Å². The maximum atomic E-state index is 13.3. The number of rotatable bonds is 6. The maximum Gasteiger partial charge on any atom is 0.416 e. The van der Waals surface area contributed by atoms with Gasteiger partial charge in [0.05, 0.1) is 27.3 Å². The molecule has 0 radical (unpaired) electrons. The lowest BCUT2D eigenvalue weighted by atomic mass is 10.1. The van der Waals surface area contributed by atoms with E-state index in [-0.39, 0.29) is 12.2 Å². The number of hydrogen-bond acceptors (Lipinski definition) is 7. The van der Waals surface area contributed by atoms with Gasteiger partial charge in [-0.3, -0.25) is 14.8 Å². The van der Waals surface area contributed by atoms with Crippen molar-refractivity contribution in [3.8, 4) is 0 Å². The van der Waals surface area contributed by atoms with E-state index in [9.17, 15) is 18.0 Å². The second kappa shape index (κ2) is 9.22. The van der Waals surface area contributed by atoms with Gasteiger partial charge in [0.15, 0.2) is 0 Å². The van der Waals surface area contributed by atoms with Gasteiger partial charge in [-0.2, -0.15) is 13.2 Å². The van der Waals surface area contributed by atoms with Crippen LogP contribution in [0.3, 0.4) is 0 Å². The fourth-order valence-electron chi connectivity index (χ4n) is 3.37. The van der Waals surface area contributed by atoms with Gasteiger partial charge in [0, 0.05) is 30.2 Å². The number of nitrogens with zero attached hydrogens (tertiary/aromatic N) is 2. The number of hydrazine groups is 2. The SMILES string of the molecule is CNCc1cc(NC(=O)c2ccc(C)c(N3C=C(c4cncs4)NN3)c2)cc(C(F)(F)F)c1. The van der Waals surface area contributed by atoms with Crippen molar-refractivity contribution in [2.45, 2.75) is 19.6 Å². The monoisotopic (exact) mass is 474 g/mol. The van der Waals surface area contributed by atoms with Crippen LogP contribution in [-0.4, -0.2) is 17.9 Å². The first-order valence-electron chi connectivity index (χ1n) is 9.94. The Balaban J connectivity index is 1.58. The molecule has 1 amide bonds. The lowest BCUT2D eigenvalue weighted by molar-refractivity contribution is -0.137. The summed E-state index contributed by atoms with van der Waals surface area (Å²) in [5, 5.41) is 7.15. The van der Waals surface area contributed by atoms with Crippen molar-refractivity contribution < 1.29 is 18.0 Å². The summed E-state index contributed by atoms with van der Waals surface area (Å²) in [5.74, 6) is -0.509. The van der Waals surface area contributed by atoms with E-state index in [0.717, 1.165) is 34.0 Å². The Kier molecular flexibility index (Phi) is 6.36. The summed E-state index contributed by atoms with van der Waals surface area (Å²) in [5.41, 5.74) is 10.2. The zero-order chi connectivity index (χ0) is 23.6. The molecule has 0 saturated heterocycles. The molecule has 0 aliphatic carbocycles. The van der Waals surface area contributed by atoms with Crippen LogP contribution in [0.5, 0.6) is 0 Å². The highest BCUT2D eigenvalue weighted by Gasteiger charge is 2.31. The Morgan fingerprint density at radius 1 is 1.21 bits per heavy atom. The Hall–Kier alpha value is -3.41. The summed E-state index contributed by atoms with van der Waals surface area (Å²) >= 11 is 1.48. The summed E-state index contributed by atoms with van der Waals surface area (Å²) in [6, 6.07) is 8.61. The number of alkyl halides is 3. The van der Waals surface area contributed by atoms with E-state index in [0.29, 0.717) is 11.1 Å². The van der Waals surface area contributed by atoms with Gasteiger partial charge in [0.25, 0.3) is 5.91 Å². The number of halogens is 3. The van der Waals surface area contributed by atoms with Crippen LogP contribution in [0.25, 0.3) is 5.70 Å². The Morgan fingerprint density at radius 2 is 2.03 bits per heavy atom. The number of carbonyl (C=O) groups excluding carboxylic acids is 1. The molecule has 0 saturated carbocycles. The highest BCUT2D eigenvalue weighted by Crippen LogP contribution is 2.32. The van der Waals surface area contributed by atoms with Crippen molar-refractivity contribution in [3.05, 3.63) is 81.4 Å². The molecule has 0 bridgehead atoms. The lowest BCUT2D eigenvalue weighted by Crippen LogP contribution is -2.36. The van der Waals surface area contributed by atoms with Crippen molar-refractivity contribution in [1.82, 2.24) is 21.3 Å². The number of aryl methyl sites for hydroxylation is 1. The van der Waals surface area contributed by atoms with Gasteiger partial charge in [-0.25, -0.2) is 0 Å². The molecule has 0 spiro atoms. The molecule has 7 nitrogen and oxygen atoms in total. The molecule has 33 heavy (non-hydrogen) atoms. The highest BCUT2D eigenvalue weighted by molar-refractivity contribution is 7.10. The number of aromatic nitrogens is 1. The molecule has 1 aliphatic heterocycles. The summed E-state index contributed by atoms with van der Waals surface area (Å²) < 4.78 is 39.9. The predicted octanol–water partition coefficient (Wildman–Crippen LogP) is 4.27. The minimum absolute atomic E-state index is 0.0792. The molecule has 11 heteroatoms. The molecule has 0 atom stereocenters. The van der Waals surface area contributed by atoms with Crippen LogP contribution in [0.2, 0.25) is 0 Å². The molecule has 0 fully saturated rings. The molecule has 4 N–H and O–H groups in total. The van der Waals surface area contributed by atoms with Gasteiger partial charge in [0.2, 0.25) is 0 Å². The van der Waals surface area contributed by atoms with Gasteiger partial charge >= 0.3 is 6.18 Å². The van der Waals surface area contributed by atoms with E-state index < -0.39 is 17.6 Å². The maximum absolute atomic E-state index is 13.3. The fraction of sp³-hybridized carbons (Fsp3) is 0.182. The standard InChI is InChI=1S/C22H21F3N6OS/c1-13-3-4-15(7-19(13)31-11-18(29-30-31)20-10-27-12-33-20)21(32)28-17-6-14(9-26-2)5-16(8-17)22(23,24)25/h3-8,10-12,26,29-30H,9H2,1-2H3,(H,28,32). The third-order valence-corrected chi connectivity index (χ3v) is 5.76. The molecule has 172 valence electrons. The number of amides is 1. The molecular formula is C22H21F3N6OS. The Labute approximate surface area is 192 Å². The van der Waals surface area contributed by atoms with Gasteiger partial charge < -0.3 is 16.1 Å². The average Bonchev–Trinajstić information content (AvgIpc) is 3.45. The van der Waals surface area contributed by atoms with E-state index in [2.05, 4.69) is 26.6 Å². The van der Waals surface area contributed by atoms with Crippen molar-refractivity contribution in [3.63, 3.8) is 0 Å². The number of nitrogens with one attached hydrogen (secondary N) is 4. The Morgan fingerprint density at radius 3 is 2.73 bits per heavy atom. The summed E-state index contributed by atoms with van der Waals surface area (Å²) in [6.45, 7) is 2.14. The van der Waals surface area contributed by atoms with Crippen LogP contribution in [0.1, 0.15) is 31.9 Å². The number of benzene rings is 2. The fourth-order valence-corrected chi connectivity index (χ4v) is 3.95. The van der Waals surface area contributed by atoms with E-state index in [1.54, 1.807) is 42.0 Å². The van der Waals surface area contributed by atoms with E-state index in [1.165, 1.54) is 17.4 Å². The molecule has 1 aliphatic rings. The van der Waals surface area contributed by atoms with Crippen molar-refractivity contribution >= 4 is 34.3 Å². The normalized spacial score (nSPS) is 13.6. The zero-order valence-corrected chi connectivity index (χ0v) is 18.6. The van der Waals surface area contributed by atoms with E-state index in [4.69, 9.17) is 0 Å². The van der Waals surface area contributed by atoms with Crippen molar-refractivity contribution in [1.29, 1.82) is 0 Å². The third kappa shape index (κ3) is 5.16. The summed E-state index contributed by atoms with van der Waals surface area (Å²) in [6.07, 6.45) is -0.937. The predicted molar refractivity (Wildman–Crippen MR) is 122 cm³/mol. The van der Waals surface area contributed by atoms with Crippen LogP contribution in [-0.2, 0) is 12.7 Å². The molecular weight excluding hydrogens is 453 g/mol. The molecule has 0 unspecified atom stereocenters. The second-order valence-corrected chi connectivity index (χ2v) is 8.30. The molecule has 4 rings (SSSR count). The number of anilines is 2. The van der Waals surface area contributed by atoms with Crippen molar-refractivity contribution in [2.75, 3.05) is 17.4 Å². The summed E-state index contributed by atoms with van der Waals surface area (Å²) in [7, 11) is 1.64. The largest absolute Gasteiger partial charge is 0.416 e. The average molecular weight is 475 g/mol.